The van der Waals surface area contributed by atoms with Gasteiger partial charge in [-0.2, -0.15) is 18.3 Å². The van der Waals surface area contributed by atoms with Crippen LogP contribution in [0.25, 0.3) is 0 Å². The van der Waals surface area contributed by atoms with Gasteiger partial charge in [0, 0.05) is 24.4 Å². The Kier molecular flexibility index (Phi) is 5.29. The predicted octanol–water partition coefficient (Wildman–Crippen LogP) is 3.28. The molecule has 6 nitrogen and oxygen atoms in total. The first-order chi connectivity index (χ1) is 12.8. The number of hydrogen-bond donors (Lipinski definition) is 0. The molecule has 1 aliphatic rings. The third-order valence-electron chi connectivity index (χ3n) is 4.60. The SMILES string of the molecule is COc1ccc(C2CCCN2C(=O)Cn2ccc(C(F)(F)F)n2)c(OC)c1. The van der Waals surface area contributed by atoms with Gasteiger partial charge < -0.3 is 14.4 Å². The molecule has 0 N–H and O–H groups in total. The van der Waals surface area contributed by atoms with Gasteiger partial charge in [-0.05, 0) is 31.0 Å². The molecule has 0 spiro atoms. The average molecular weight is 383 g/mol. The summed E-state index contributed by atoms with van der Waals surface area (Å²) < 4.78 is 49.7. The molecule has 1 aromatic heterocycles. The predicted molar refractivity (Wildman–Crippen MR) is 90.5 cm³/mol. The maximum atomic E-state index is 12.7. The van der Waals surface area contributed by atoms with Gasteiger partial charge in [0.2, 0.25) is 5.91 Å². The van der Waals surface area contributed by atoms with Crippen LogP contribution in [0.1, 0.15) is 30.1 Å². The highest BCUT2D eigenvalue weighted by atomic mass is 19.4. The lowest BCUT2D eigenvalue weighted by atomic mass is 10.0. The maximum Gasteiger partial charge on any atom is 0.435 e. The Hall–Kier alpha value is -2.71. The van der Waals surface area contributed by atoms with Crippen LogP contribution in [-0.2, 0) is 17.5 Å². The minimum absolute atomic E-state index is 0.198. The van der Waals surface area contributed by atoms with Gasteiger partial charge in [-0.15, -0.1) is 0 Å². The number of hydrogen-bond acceptors (Lipinski definition) is 4. The van der Waals surface area contributed by atoms with E-state index < -0.39 is 11.9 Å². The fourth-order valence-electron chi connectivity index (χ4n) is 3.31. The van der Waals surface area contributed by atoms with E-state index in [-0.39, 0.29) is 18.5 Å². The second-order valence-corrected chi connectivity index (χ2v) is 6.25. The molecule has 1 amide bonds. The summed E-state index contributed by atoms with van der Waals surface area (Å²) in [7, 11) is 3.10. The molecule has 1 aromatic carbocycles. The number of carbonyl (C=O) groups excluding carboxylic acids is 1. The monoisotopic (exact) mass is 383 g/mol. The normalized spacial score (nSPS) is 17.2. The van der Waals surface area contributed by atoms with Gasteiger partial charge in [-0.3, -0.25) is 9.48 Å². The molecule has 0 aliphatic carbocycles. The highest BCUT2D eigenvalue weighted by Crippen LogP contribution is 2.38. The topological polar surface area (TPSA) is 56.6 Å². The molecule has 146 valence electrons. The number of nitrogens with zero attached hydrogens (tertiary/aromatic N) is 3. The van der Waals surface area contributed by atoms with E-state index in [2.05, 4.69) is 5.10 Å². The second-order valence-electron chi connectivity index (χ2n) is 6.25. The van der Waals surface area contributed by atoms with Crippen LogP contribution in [0.3, 0.4) is 0 Å². The van der Waals surface area contributed by atoms with E-state index in [1.807, 2.05) is 6.07 Å². The number of aromatic nitrogens is 2. The first kappa shape index (κ1) is 19.1. The lowest BCUT2D eigenvalue weighted by Gasteiger charge is -2.26. The Labute approximate surface area is 154 Å². The highest BCUT2D eigenvalue weighted by Gasteiger charge is 2.35. The molecule has 1 unspecified atom stereocenters. The second kappa shape index (κ2) is 7.50. The smallest absolute Gasteiger partial charge is 0.435 e. The average Bonchev–Trinajstić information content (AvgIpc) is 3.30. The lowest BCUT2D eigenvalue weighted by Crippen LogP contribution is -2.33. The molecule has 1 atom stereocenters. The number of rotatable bonds is 5. The van der Waals surface area contributed by atoms with Crippen LogP contribution in [0, 0.1) is 0 Å². The van der Waals surface area contributed by atoms with Crippen LogP contribution in [0.15, 0.2) is 30.5 Å². The zero-order chi connectivity index (χ0) is 19.6. The minimum atomic E-state index is -4.53. The summed E-state index contributed by atoms with van der Waals surface area (Å²) in [5.74, 6) is 0.965. The van der Waals surface area contributed by atoms with Crippen LogP contribution < -0.4 is 9.47 Å². The van der Waals surface area contributed by atoms with Gasteiger partial charge in [0.1, 0.15) is 18.0 Å². The molecule has 9 heteroatoms. The molecule has 0 bridgehead atoms. The van der Waals surface area contributed by atoms with Crippen molar-refractivity contribution in [2.75, 3.05) is 20.8 Å². The van der Waals surface area contributed by atoms with Crippen LogP contribution in [0.5, 0.6) is 11.5 Å². The molecule has 0 saturated carbocycles. The summed E-state index contributed by atoms with van der Waals surface area (Å²) in [4.78, 5) is 14.4. The Morgan fingerprint density at radius 3 is 2.67 bits per heavy atom. The number of benzene rings is 1. The van der Waals surface area contributed by atoms with Crippen molar-refractivity contribution in [3.63, 3.8) is 0 Å². The third kappa shape index (κ3) is 4.01. The summed E-state index contributed by atoms with van der Waals surface area (Å²) in [6.07, 6.45) is -1.81. The van der Waals surface area contributed by atoms with E-state index in [9.17, 15) is 18.0 Å². The van der Waals surface area contributed by atoms with E-state index in [0.29, 0.717) is 18.0 Å². The minimum Gasteiger partial charge on any atom is -0.497 e. The van der Waals surface area contributed by atoms with Crippen molar-refractivity contribution in [1.29, 1.82) is 0 Å². The number of amides is 1. The zero-order valence-corrected chi connectivity index (χ0v) is 15.0. The Bertz CT molecular complexity index is 820. The van der Waals surface area contributed by atoms with E-state index in [0.717, 1.165) is 29.2 Å². The Balaban J connectivity index is 1.78. The summed E-state index contributed by atoms with van der Waals surface area (Å²) in [5, 5.41) is 3.45. The van der Waals surface area contributed by atoms with Gasteiger partial charge in [0.15, 0.2) is 5.69 Å². The summed E-state index contributed by atoms with van der Waals surface area (Å²) in [6, 6.07) is 6.06. The molecular formula is C18H20F3N3O3. The number of methoxy groups -OCH3 is 2. The zero-order valence-electron chi connectivity index (χ0n) is 15.0. The molecule has 27 heavy (non-hydrogen) atoms. The fraction of sp³-hybridized carbons (Fsp3) is 0.444. The van der Waals surface area contributed by atoms with Gasteiger partial charge in [0.05, 0.1) is 20.3 Å². The van der Waals surface area contributed by atoms with Crippen molar-refractivity contribution in [3.8, 4) is 11.5 Å². The van der Waals surface area contributed by atoms with Crippen molar-refractivity contribution in [2.24, 2.45) is 0 Å². The molecule has 1 fully saturated rings. The first-order valence-electron chi connectivity index (χ1n) is 8.45. The lowest BCUT2D eigenvalue weighted by molar-refractivity contribution is -0.142. The molecule has 2 heterocycles. The van der Waals surface area contributed by atoms with Crippen molar-refractivity contribution in [2.45, 2.75) is 31.6 Å². The Morgan fingerprint density at radius 2 is 2.04 bits per heavy atom. The summed E-state index contributed by atoms with van der Waals surface area (Å²) in [6.45, 7) is 0.289. The van der Waals surface area contributed by atoms with Crippen molar-refractivity contribution >= 4 is 5.91 Å². The van der Waals surface area contributed by atoms with Crippen LogP contribution in [0.4, 0.5) is 13.2 Å². The number of likely N-dealkylation sites (tertiary alicyclic amines) is 1. The van der Waals surface area contributed by atoms with Crippen molar-refractivity contribution < 1.29 is 27.4 Å². The summed E-state index contributed by atoms with van der Waals surface area (Å²) >= 11 is 0. The first-order valence-corrected chi connectivity index (χ1v) is 8.45. The van der Waals surface area contributed by atoms with E-state index in [4.69, 9.17) is 9.47 Å². The third-order valence-corrected chi connectivity index (χ3v) is 4.60. The van der Waals surface area contributed by atoms with E-state index in [1.165, 1.54) is 6.20 Å². The fourth-order valence-corrected chi connectivity index (χ4v) is 3.31. The van der Waals surface area contributed by atoms with Crippen molar-refractivity contribution in [1.82, 2.24) is 14.7 Å². The molecule has 1 saturated heterocycles. The van der Waals surface area contributed by atoms with Gasteiger partial charge in [-0.25, -0.2) is 0 Å². The number of carbonyl (C=O) groups is 1. The standard InChI is InChI=1S/C18H20F3N3O3/c1-26-12-5-6-13(15(10-12)27-2)14-4-3-8-24(14)17(25)11-23-9-7-16(22-23)18(19,20)21/h5-7,9-10,14H,3-4,8,11H2,1-2H3. The maximum absolute atomic E-state index is 12.7. The van der Waals surface area contributed by atoms with Gasteiger partial charge >= 0.3 is 6.18 Å². The van der Waals surface area contributed by atoms with Crippen molar-refractivity contribution in [3.05, 3.63) is 41.7 Å². The van der Waals surface area contributed by atoms with Crippen LogP contribution >= 0.6 is 0 Å². The van der Waals surface area contributed by atoms with Crippen LogP contribution in [-0.4, -0.2) is 41.4 Å². The summed E-state index contributed by atoms with van der Waals surface area (Å²) in [5.41, 5.74) is -0.161. The molecule has 2 aromatic rings. The largest absolute Gasteiger partial charge is 0.497 e. The number of halogens is 3. The van der Waals surface area contributed by atoms with E-state index >= 15 is 0 Å². The molecule has 3 rings (SSSR count). The van der Waals surface area contributed by atoms with Gasteiger partial charge in [0.25, 0.3) is 0 Å². The highest BCUT2D eigenvalue weighted by molar-refractivity contribution is 5.77. The molecular weight excluding hydrogens is 363 g/mol. The molecule has 1 aliphatic heterocycles. The van der Waals surface area contributed by atoms with E-state index in [1.54, 1.807) is 31.3 Å². The molecule has 0 radical (unpaired) electrons. The Morgan fingerprint density at radius 1 is 1.26 bits per heavy atom. The van der Waals surface area contributed by atoms with Gasteiger partial charge in [-0.1, -0.05) is 0 Å². The quantitative estimate of drug-likeness (QED) is 0.795. The number of alkyl halides is 3. The van der Waals surface area contributed by atoms with Crippen LogP contribution in [0.2, 0.25) is 0 Å². The number of ether oxygens (including phenoxy) is 2.